The van der Waals surface area contributed by atoms with Crippen molar-refractivity contribution in [2.75, 3.05) is 18.1 Å². The van der Waals surface area contributed by atoms with E-state index in [-0.39, 0.29) is 15.6 Å². The summed E-state index contributed by atoms with van der Waals surface area (Å²) in [5.74, 6) is -0.640. The van der Waals surface area contributed by atoms with Crippen LogP contribution in [-0.4, -0.2) is 33.7 Å². The zero-order valence-electron chi connectivity index (χ0n) is 8.91. The second-order valence-corrected chi connectivity index (χ2v) is 6.86. The molecule has 0 aliphatic rings. The van der Waals surface area contributed by atoms with Gasteiger partial charge in [-0.15, -0.1) is 0 Å². The lowest BCUT2D eigenvalue weighted by Gasteiger charge is -2.07. The summed E-state index contributed by atoms with van der Waals surface area (Å²) >= 11 is 5.62. The topological polar surface area (TPSA) is 124 Å². The minimum Gasteiger partial charge on any atom is -0.398 e. The quantitative estimate of drug-likeness (QED) is 0.599. The third-order valence-electron chi connectivity index (χ3n) is 1.89. The molecule has 0 amide bonds. The van der Waals surface area contributed by atoms with Crippen LogP contribution >= 0.6 is 11.6 Å². The first kappa shape index (κ1) is 15.2. The predicted octanol–water partition coefficient (Wildman–Crippen LogP) is 0.515. The Bertz CT molecular complexity index is 640. The highest BCUT2D eigenvalue weighted by molar-refractivity contribution is 7.91. The van der Waals surface area contributed by atoms with E-state index in [4.69, 9.17) is 21.9 Å². The third-order valence-corrected chi connectivity index (χ3v) is 4.34. The second-order valence-electron chi connectivity index (χ2n) is 3.25. The van der Waals surface area contributed by atoms with Crippen LogP contribution in [0.25, 0.3) is 0 Å². The molecule has 0 aliphatic heterocycles. The van der Waals surface area contributed by atoms with E-state index in [1.54, 1.807) is 0 Å². The average molecular weight is 316 g/mol. The van der Waals surface area contributed by atoms with Gasteiger partial charge in [0.25, 0.3) is 0 Å². The van der Waals surface area contributed by atoms with Crippen LogP contribution in [0.15, 0.2) is 23.1 Å². The summed E-state index contributed by atoms with van der Waals surface area (Å²) in [7, 11) is -8.48. The van der Waals surface area contributed by atoms with Gasteiger partial charge in [-0.2, -0.15) is 8.42 Å². The summed E-state index contributed by atoms with van der Waals surface area (Å²) in [4.78, 5) is -0.175. The van der Waals surface area contributed by atoms with Gasteiger partial charge in [0.1, 0.15) is 0 Å². The Morgan fingerprint density at radius 2 is 1.89 bits per heavy atom. The highest BCUT2D eigenvalue weighted by Gasteiger charge is 2.19. The van der Waals surface area contributed by atoms with E-state index >= 15 is 0 Å². The van der Waals surface area contributed by atoms with Gasteiger partial charge in [0.2, 0.25) is 0 Å². The number of sulfone groups is 1. The van der Waals surface area contributed by atoms with Crippen LogP contribution in [0.4, 0.5) is 5.69 Å². The van der Waals surface area contributed by atoms with Crippen molar-refractivity contribution in [3.8, 4) is 0 Å². The molecule has 18 heavy (non-hydrogen) atoms. The molecule has 1 rings (SSSR count). The fourth-order valence-corrected chi connectivity index (χ4v) is 2.96. The maximum atomic E-state index is 11.8. The van der Waals surface area contributed by atoms with Crippen LogP contribution in [0.5, 0.6) is 0 Å². The van der Waals surface area contributed by atoms with E-state index in [2.05, 4.69) is 4.18 Å². The summed E-state index contributed by atoms with van der Waals surface area (Å²) in [5.41, 5.74) is 5.45. The SMILES string of the molecule is Nc1cc(Cl)ccc1S(=O)(=O)CCOS(=O)(=O)O. The molecule has 0 saturated heterocycles. The molecular formula is C8H10ClNO6S2. The number of nitrogens with two attached hydrogens (primary N) is 1. The van der Waals surface area contributed by atoms with Crippen molar-refractivity contribution >= 4 is 37.5 Å². The fourth-order valence-electron chi connectivity index (χ4n) is 1.16. The standard InChI is InChI=1S/C8H10ClNO6S2/c9-6-1-2-8(7(10)5-6)17(11,12)4-3-16-18(13,14)15/h1-2,5H,3-4,10H2,(H,13,14,15). The molecule has 3 N–H and O–H groups in total. The van der Waals surface area contributed by atoms with Crippen LogP contribution in [0.3, 0.4) is 0 Å². The lowest BCUT2D eigenvalue weighted by molar-refractivity contribution is 0.284. The molecule has 0 bridgehead atoms. The lowest BCUT2D eigenvalue weighted by Crippen LogP contribution is -2.16. The first-order valence-corrected chi connectivity index (χ1v) is 7.91. The first-order valence-electron chi connectivity index (χ1n) is 4.51. The van der Waals surface area contributed by atoms with Gasteiger partial charge in [-0.25, -0.2) is 12.6 Å². The van der Waals surface area contributed by atoms with Gasteiger partial charge in [0.15, 0.2) is 9.84 Å². The van der Waals surface area contributed by atoms with Gasteiger partial charge >= 0.3 is 10.4 Å². The fraction of sp³-hybridized carbons (Fsp3) is 0.250. The molecule has 1 aromatic rings. The maximum absolute atomic E-state index is 11.8. The van der Waals surface area contributed by atoms with Crippen LogP contribution in [-0.2, 0) is 24.4 Å². The minimum absolute atomic E-state index is 0.0469. The van der Waals surface area contributed by atoms with E-state index in [1.165, 1.54) is 18.2 Å². The van der Waals surface area contributed by atoms with E-state index < -0.39 is 32.6 Å². The van der Waals surface area contributed by atoms with Gasteiger partial charge in [0.05, 0.1) is 22.9 Å². The molecule has 0 spiro atoms. The maximum Gasteiger partial charge on any atom is 0.397 e. The van der Waals surface area contributed by atoms with Gasteiger partial charge < -0.3 is 5.73 Å². The van der Waals surface area contributed by atoms with Crippen molar-refractivity contribution in [1.82, 2.24) is 0 Å². The van der Waals surface area contributed by atoms with Gasteiger partial charge in [0, 0.05) is 5.02 Å². The Labute approximate surface area is 109 Å². The number of hydrogen-bond donors (Lipinski definition) is 2. The summed E-state index contributed by atoms with van der Waals surface area (Å²) < 4.78 is 56.3. The van der Waals surface area contributed by atoms with Crippen LogP contribution in [0, 0.1) is 0 Å². The molecular weight excluding hydrogens is 306 g/mol. The molecule has 7 nitrogen and oxygen atoms in total. The molecule has 0 aliphatic carbocycles. The average Bonchev–Trinajstić information content (AvgIpc) is 2.13. The highest BCUT2D eigenvalue weighted by atomic mass is 35.5. The molecule has 102 valence electrons. The van der Waals surface area contributed by atoms with Crippen LogP contribution in [0.2, 0.25) is 5.02 Å². The summed E-state index contributed by atoms with van der Waals surface area (Å²) in [5, 5.41) is 0.278. The van der Waals surface area contributed by atoms with Gasteiger partial charge in [-0.3, -0.25) is 4.55 Å². The molecule has 0 unspecified atom stereocenters. The summed E-state index contributed by atoms with van der Waals surface area (Å²) in [6.07, 6.45) is 0. The predicted molar refractivity (Wildman–Crippen MR) is 65.4 cm³/mol. The summed E-state index contributed by atoms with van der Waals surface area (Å²) in [6, 6.07) is 3.81. The van der Waals surface area contributed by atoms with E-state index in [0.717, 1.165) is 0 Å². The number of anilines is 1. The van der Waals surface area contributed by atoms with Crippen molar-refractivity contribution in [1.29, 1.82) is 0 Å². The summed E-state index contributed by atoms with van der Waals surface area (Å²) in [6.45, 7) is -0.705. The van der Waals surface area contributed by atoms with Gasteiger partial charge in [-0.1, -0.05) is 11.6 Å². The van der Waals surface area contributed by atoms with Crippen molar-refractivity contribution in [2.45, 2.75) is 4.90 Å². The largest absolute Gasteiger partial charge is 0.398 e. The first-order chi connectivity index (χ1) is 8.12. The smallest absolute Gasteiger partial charge is 0.397 e. The van der Waals surface area contributed by atoms with Crippen LogP contribution in [0.1, 0.15) is 0 Å². The number of rotatable bonds is 5. The zero-order chi connectivity index (χ0) is 14.0. The van der Waals surface area contributed by atoms with Gasteiger partial charge in [-0.05, 0) is 18.2 Å². The number of hydrogen-bond acceptors (Lipinski definition) is 6. The molecule has 0 heterocycles. The Hall–Kier alpha value is -0.870. The van der Waals surface area contributed by atoms with Crippen molar-refractivity contribution < 1.29 is 25.6 Å². The third kappa shape index (κ3) is 4.42. The Morgan fingerprint density at radius 1 is 1.28 bits per heavy atom. The Morgan fingerprint density at radius 3 is 2.39 bits per heavy atom. The second kappa shape index (κ2) is 5.41. The Kier molecular flexibility index (Phi) is 4.56. The number of nitrogen functional groups attached to an aromatic ring is 1. The molecule has 0 aromatic heterocycles. The molecule has 0 fully saturated rings. The highest BCUT2D eigenvalue weighted by Crippen LogP contribution is 2.23. The zero-order valence-corrected chi connectivity index (χ0v) is 11.3. The monoisotopic (exact) mass is 315 g/mol. The molecule has 0 atom stereocenters. The number of benzene rings is 1. The normalized spacial score (nSPS) is 12.6. The lowest BCUT2D eigenvalue weighted by atomic mass is 10.3. The Balaban J connectivity index is 2.87. The van der Waals surface area contributed by atoms with Crippen molar-refractivity contribution in [2.24, 2.45) is 0 Å². The number of halogens is 1. The van der Waals surface area contributed by atoms with E-state index in [9.17, 15) is 16.8 Å². The van der Waals surface area contributed by atoms with Crippen LogP contribution < -0.4 is 5.73 Å². The van der Waals surface area contributed by atoms with Crippen molar-refractivity contribution in [3.63, 3.8) is 0 Å². The molecule has 0 radical (unpaired) electrons. The molecule has 1 aromatic carbocycles. The van der Waals surface area contributed by atoms with E-state index in [0.29, 0.717) is 0 Å². The molecule has 0 saturated carbocycles. The van der Waals surface area contributed by atoms with Crippen molar-refractivity contribution in [3.05, 3.63) is 23.2 Å². The minimum atomic E-state index is -4.66. The van der Waals surface area contributed by atoms with E-state index in [1.807, 2.05) is 0 Å². The molecule has 10 heteroatoms.